The number of aliphatic hydroxyl groups is 1. The number of ether oxygens (including phenoxy) is 1. The zero-order valence-corrected chi connectivity index (χ0v) is 10.7. The Kier molecular flexibility index (Phi) is 5.16. The molecule has 3 nitrogen and oxygen atoms in total. The lowest BCUT2D eigenvalue weighted by Gasteiger charge is -2.18. The van der Waals surface area contributed by atoms with E-state index in [9.17, 15) is 4.79 Å². The van der Waals surface area contributed by atoms with Gasteiger partial charge in [0.05, 0.1) is 5.56 Å². The van der Waals surface area contributed by atoms with Gasteiger partial charge in [0, 0.05) is 0 Å². The van der Waals surface area contributed by atoms with Crippen molar-refractivity contribution in [3.63, 3.8) is 0 Å². The van der Waals surface area contributed by atoms with Gasteiger partial charge in [0.2, 0.25) is 0 Å². The van der Waals surface area contributed by atoms with Crippen molar-refractivity contribution in [1.82, 2.24) is 0 Å². The van der Waals surface area contributed by atoms with Crippen molar-refractivity contribution >= 4 is 5.97 Å². The first-order valence-electron chi connectivity index (χ1n) is 6.05. The highest BCUT2D eigenvalue weighted by Crippen LogP contribution is 2.27. The van der Waals surface area contributed by atoms with Crippen molar-refractivity contribution in [1.29, 1.82) is 0 Å². The molecule has 0 bridgehead atoms. The van der Waals surface area contributed by atoms with Gasteiger partial charge in [-0.3, -0.25) is 0 Å². The fourth-order valence-electron chi connectivity index (χ4n) is 2.02. The molecule has 0 spiro atoms. The van der Waals surface area contributed by atoms with Crippen LogP contribution in [0.15, 0.2) is 18.2 Å². The molecule has 1 N–H and O–H groups in total. The van der Waals surface area contributed by atoms with Gasteiger partial charge in [0.15, 0.2) is 6.79 Å². The Morgan fingerprint density at radius 1 is 1.41 bits per heavy atom. The summed E-state index contributed by atoms with van der Waals surface area (Å²) in [6.07, 6.45) is 1.86. The van der Waals surface area contributed by atoms with E-state index in [-0.39, 0.29) is 0 Å². The molecule has 94 valence electrons. The number of esters is 1. The van der Waals surface area contributed by atoms with E-state index in [4.69, 9.17) is 5.11 Å². The molecule has 0 aromatic heterocycles. The smallest absolute Gasteiger partial charge is 0.340 e. The second kappa shape index (κ2) is 6.40. The summed E-state index contributed by atoms with van der Waals surface area (Å²) in [7, 11) is 0. The minimum Gasteiger partial charge on any atom is -0.435 e. The van der Waals surface area contributed by atoms with Crippen molar-refractivity contribution in [3.05, 3.63) is 34.9 Å². The van der Waals surface area contributed by atoms with Gasteiger partial charge in [-0.05, 0) is 36.0 Å². The van der Waals surface area contributed by atoms with Crippen molar-refractivity contribution in [2.75, 3.05) is 6.79 Å². The average Bonchev–Trinajstić information content (AvgIpc) is 2.37. The second-order valence-corrected chi connectivity index (χ2v) is 4.10. The zero-order valence-electron chi connectivity index (χ0n) is 10.7. The van der Waals surface area contributed by atoms with Crippen LogP contribution in [0, 0.1) is 0 Å². The first-order valence-corrected chi connectivity index (χ1v) is 6.05. The maximum absolute atomic E-state index is 11.8. The Labute approximate surface area is 102 Å². The van der Waals surface area contributed by atoms with Crippen LogP contribution in [0.3, 0.4) is 0 Å². The fourth-order valence-corrected chi connectivity index (χ4v) is 2.02. The average molecular weight is 236 g/mol. The van der Waals surface area contributed by atoms with Crippen LogP contribution < -0.4 is 0 Å². The third-order valence-corrected chi connectivity index (χ3v) is 3.10. The maximum atomic E-state index is 11.8. The molecule has 17 heavy (non-hydrogen) atoms. The summed E-state index contributed by atoms with van der Waals surface area (Å²) >= 11 is 0. The summed E-state index contributed by atoms with van der Waals surface area (Å²) in [5.41, 5.74) is 2.80. The van der Waals surface area contributed by atoms with E-state index in [1.165, 1.54) is 5.56 Å². The van der Waals surface area contributed by atoms with E-state index in [0.29, 0.717) is 11.5 Å². The van der Waals surface area contributed by atoms with Crippen LogP contribution in [0.25, 0.3) is 0 Å². The molecule has 0 aliphatic rings. The highest BCUT2D eigenvalue weighted by molar-refractivity contribution is 5.91. The van der Waals surface area contributed by atoms with E-state index in [2.05, 4.69) is 25.5 Å². The van der Waals surface area contributed by atoms with Gasteiger partial charge >= 0.3 is 5.97 Å². The summed E-state index contributed by atoms with van der Waals surface area (Å²) < 4.78 is 4.68. The van der Waals surface area contributed by atoms with Crippen LogP contribution >= 0.6 is 0 Å². The largest absolute Gasteiger partial charge is 0.435 e. The molecule has 1 atom stereocenters. The first kappa shape index (κ1) is 13.7. The van der Waals surface area contributed by atoms with Gasteiger partial charge in [0.1, 0.15) is 0 Å². The summed E-state index contributed by atoms with van der Waals surface area (Å²) in [5.74, 6) is -0.134. The Morgan fingerprint density at radius 2 is 2.12 bits per heavy atom. The standard InChI is InChI=1S/C14H20O3/c1-4-10(3)13-11(5-2)7-6-8-12(13)14(16)17-9-15/h6-8,10,15H,4-5,9H2,1-3H3. The fraction of sp³-hybridized carbons (Fsp3) is 0.500. The molecule has 3 heteroatoms. The van der Waals surface area contributed by atoms with Crippen molar-refractivity contribution in [2.45, 2.75) is 39.5 Å². The van der Waals surface area contributed by atoms with Gasteiger partial charge in [0.25, 0.3) is 0 Å². The van der Waals surface area contributed by atoms with Crippen molar-refractivity contribution < 1.29 is 14.6 Å². The summed E-state index contributed by atoms with van der Waals surface area (Å²) in [5, 5.41) is 8.67. The van der Waals surface area contributed by atoms with E-state index in [1.54, 1.807) is 6.07 Å². The number of carbonyl (C=O) groups is 1. The monoisotopic (exact) mass is 236 g/mol. The SMILES string of the molecule is CCc1cccc(C(=O)OCO)c1C(C)CC. The summed E-state index contributed by atoms with van der Waals surface area (Å²) in [6, 6.07) is 5.66. The van der Waals surface area contributed by atoms with Crippen molar-refractivity contribution in [3.8, 4) is 0 Å². The van der Waals surface area contributed by atoms with E-state index in [0.717, 1.165) is 18.4 Å². The minimum absolute atomic E-state index is 0.312. The number of aliphatic hydroxyl groups excluding tert-OH is 1. The molecule has 1 aromatic carbocycles. The molecule has 0 aliphatic carbocycles. The van der Waals surface area contributed by atoms with E-state index in [1.807, 2.05) is 12.1 Å². The van der Waals surface area contributed by atoms with Crippen LogP contribution in [0.1, 0.15) is 54.6 Å². The quantitative estimate of drug-likeness (QED) is 0.631. The van der Waals surface area contributed by atoms with Gasteiger partial charge in [-0.1, -0.05) is 32.9 Å². The summed E-state index contributed by atoms with van der Waals surface area (Å²) in [4.78, 5) is 11.8. The molecule has 0 saturated heterocycles. The molecule has 1 unspecified atom stereocenters. The predicted molar refractivity (Wildman–Crippen MR) is 67.0 cm³/mol. The maximum Gasteiger partial charge on any atom is 0.340 e. The van der Waals surface area contributed by atoms with Gasteiger partial charge < -0.3 is 9.84 Å². The second-order valence-electron chi connectivity index (χ2n) is 4.10. The zero-order chi connectivity index (χ0) is 12.8. The van der Waals surface area contributed by atoms with Crippen LogP contribution in [-0.2, 0) is 11.2 Å². The molecule has 0 fully saturated rings. The summed E-state index contributed by atoms with van der Waals surface area (Å²) in [6.45, 7) is 5.69. The molecule has 1 aromatic rings. The van der Waals surface area contributed by atoms with Gasteiger partial charge in [-0.2, -0.15) is 0 Å². The number of carbonyl (C=O) groups excluding carboxylic acids is 1. The topological polar surface area (TPSA) is 46.5 Å². The van der Waals surface area contributed by atoms with Gasteiger partial charge in [-0.15, -0.1) is 0 Å². The molecule has 1 rings (SSSR count). The van der Waals surface area contributed by atoms with Crippen LogP contribution in [0.4, 0.5) is 0 Å². The van der Waals surface area contributed by atoms with Gasteiger partial charge in [-0.25, -0.2) is 4.79 Å². The number of aryl methyl sites for hydroxylation is 1. The van der Waals surface area contributed by atoms with Crippen LogP contribution in [0.2, 0.25) is 0 Å². The van der Waals surface area contributed by atoms with Crippen LogP contribution in [-0.4, -0.2) is 17.9 Å². The third-order valence-electron chi connectivity index (χ3n) is 3.10. The lowest BCUT2D eigenvalue weighted by molar-refractivity contribution is 0.00667. The Balaban J connectivity index is 3.23. The molecule has 0 heterocycles. The normalized spacial score (nSPS) is 12.2. The van der Waals surface area contributed by atoms with E-state index < -0.39 is 12.8 Å². The Hall–Kier alpha value is -1.35. The lowest BCUT2D eigenvalue weighted by atomic mass is 9.88. The molecular formula is C14H20O3. The van der Waals surface area contributed by atoms with Crippen LogP contribution in [0.5, 0.6) is 0 Å². The molecular weight excluding hydrogens is 216 g/mol. The Morgan fingerprint density at radius 3 is 2.65 bits per heavy atom. The number of rotatable bonds is 5. The number of hydrogen-bond acceptors (Lipinski definition) is 3. The number of hydrogen-bond donors (Lipinski definition) is 1. The minimum atomic E-state index is -0.574. The number of benzene rings is 1. The highest BCUT2D eigenvalue weighted by atomic mass is 16.6. The highest BCUT2D eigenvalue weighted by Gasteiger charge is 2.18. The molecule has 0 amide bonds. The molecule has 0 saturated carbocycles. The van der Waals surface area contributed by atoms with E-state index >= 15 is 0 Å². The molecule has 0 aliphatic heterocycles. The first-order chi connectivity index (χ1) is 8.15. The predicted octanol–water partition coefficient (Wildman–Crippen LogP) is 2.87. The van der Waals surface area contributed by atoms with Crippen molar-refractivity contribution in [2.24, 2.45) is 0 Å². The molecule has 0 radical (unpaired) electrons. The Bertz CT molecular complexity index is 385. The third kappa shape index (κ3) is 3.07. The lowest BCUT2D eigenvalue weighted by Crippen LogP contribution is -2.12.